The summed E-state index contributed by atoms with van der Waals surface area (Å²) in [6.45, 7) is 0. The van der Waals surface area contributed by atoms with Gasteiger partial charge in [0.2, 0.25) is 5.88 Å². The highest BCUT2D eigenvalue weighted by Crippen LogP contribution is 2.37. The lowest BCUT2D eigenvalue weighted by Crippen LogP contribution is -2.15. The van der Waals surface area contributed by atoms with Gasteiger partial charge in [-0.2, -0.15) is 0 Å². The summed E-state index contributed by atoms with van der Waals surface area (Å²) in [6, 6.07) is 19.7. The maximum Gasteiger partial charge on any atom is 0.219 e. The van der Waals surface area contributed by atoms with Crippen LogP contribution in [0.25, 0.3) is 0 Å². The lowest BCUT2D eigenvalue weighted by molar-refractivity contribution is 0.176. The molecule has 1 aliphatic heterocycles. The number of hydrogen-bond acceptors (Lipinski definition) is 3. The molecule has 4 rings (SSSR count). The van der Waals surface area contributed by atoms with Crippen LogP contribution >= 0.6 is 11.6 Å². The highest BCUT2D eigenvalue weighted by molar-refractivity contribution is 6.30. The summed E-state index contributed by atoms with van der Waals surface area (Å²) in [5, 5.41) is 0.585. The van der Waals surface area contributed by atoms with Crippen LogP contribution < -0.4 is 9.47 Å². The largest absolute Gasteiger partial charge is 0.485 e. The van der Waals surface area contributed by atoms with E-state index < -0.39 is 0 Å². The molecule has 1 aromatic heterocycles. The summed E-state index contributed by atoms with van der Waals surface area (Å²) in [7, 11) is 0. The predicted octanol–water partition coefficient (Wildman–Crippen LogP) is 5.59. The first-order valence-electron chi connectivity index (χ1n) is 7.92. The summed E-state index contributed by atoms with van der Waals surface area (Å²) < 4.78 is 12.0. The van der Waals surface area contributed by atoms with Gasteiger partial charge in [-0.3, -0.25) is 0 Å². The molecular formula is C20H16ClNO2. The molecule has 0 saturated carbocycles. The highest BCUT2D eigenvalue weighted by Gasteiger charge is 2.21. The number of halogens is 1. The van der Waals surface area contributed by atoms with Gasteiger partial charge in [0.15, 0.2) is 0 Å². The van der Waals surface area contributed by atoms with E-state index in [1.807, 2.05) is 30.3 Å². The van der Waals surface area contributed by atoms with Gasteiger partial charge < -0.3 is 9.47 Å². The number of hydrogen-bond donors (Lipinski definition) is 0. The molecule has 0 saturated heterocycles. The summed E-state index contributed by atoms with van der Waals surface area (Å²) >= 11 is 5.85. The standard InChI is InChI=1S/C20H16ClNO2/c21-16-8-11-20(22-13-16)23-17-9-6-15-7-10-18(24-19(15)12-17)14-4-2-1-3-5-14/h1-6,8-9,11-13,18H,7,10H2. The molecule has 3 aromatic rings. The van der Waals surface area contributed by atoms with E-state index in [0.717, 1.165) is 18.6 Å². The van der Waals surface area contributed by atoms with Gasteiger partial charge in [-0.25, -0.2) is 4.98 Å². The van der Waals surface area contributed by atoms with E-state index in [2.05, 4.69) is 23.2 Å². The van der Waals surface area contributed by atoms with Gasteiger partial charge in [-0.1, -0.05) is 48.0 Å². The number of aryl methyl sites for hydroxylation is 1. The Hall–Kier alpha value is -2.52. The van der Waals surface area contributed by atoms with E-state index in [1.54, 1.807) is 18.3 Å². The Morgan fingerprint density at radius 1 is 1.04 bits per heavy atom. The Kier molecular flexibility index (Phi) is 4.09. The van der Waals surface area contributed by atoms with Gasteiger partial charge in [-0.15, -0.1) is 0 Å². The van der Waals surface area contributed by atoms with Crippen molar-refractivity contribution in [1.29, 1.82) is 0 Å². The second-order valence-electron chi connectivity index (χ2n) is 5.74. The third-order valence-electron chi connectivity index (χ3n) is 4.08. The van der Waals surface area contributed by atoms with Gasteiger partial charge in [-0.05, 0) is 36.1 Å². The summed E-state index contributed by atoms with van der Waals surface area (Å²) in [6.07, 6.45) is 3.63. The van der Waals surface area contributed by atoms with Crippen molar-refractivity contribution in [2.75, 3.05) is 0 Å². The first-order valence-corrected chi connectivity index (χ1v) is 8.30. The fourth-order valence-corrected chi connectivity index (χ4v) is 2.97. The average molecular weight is 338 g/mol. The second kappa shape index (κ2) is 6.54. The number of aromatic nitrogens is 1. The molecular weight excluding hydrogens is 322 g/mol. The number of nitrogens with zero attached hydrogens (tertiary/aromatic N) is 1. The maximum atomic E-state index is 6.19. The van der Waals surface area contributed by atoms with Crippen LogP contribution in [-0.4, -0.2) is 4.98 Å². The van der Waals surface area contributed by atoms with Gasteiger partial charge in [0.05, 0.1) is 5.02 Å². The van der Waals surface area contributed by atoms with Crippen LogP contribution in [0, 0.1) is 0 Å². The van der Waals surface area contributed by atoms with Gasteiger partial charge in [0.25, 0.3) is 0 Å². The van der Waals surface area contributed by atoms with Crippen molar-refractivity contribution in [3.63, 3.8) is 0 Å². The minimum Gasteiger partial charge on any atom is -0.485 e. The zero-order valence-electron chi connectivity index (χ0n) is 13.0. The fourth-order valence-electron chi connectivity index (χ4n) is 2.86. The lowest BCUT2D eigenvalue weighted by Gasteiger charge is -2.26. The Labute approximate surface area is 145 Å². The van der Waals surface area contributed by atoms with Crippen LogP contribution in [0.1, 0.15) is 23.7 Å². The van der Waals surface area contributed by atoms with E-state index >= 15 is 0 Å². The minimum absolute atomic E-state index is 0.0857. The van der Waals surface area contributed by atoms with E-state index in [-0.39, 0.29) is 6.10 Å². The Balaban J connectivity index is 1.55. The number of fused-ring (bicyclic) bond motifs is 1. The topological polar surface area (TPSA) is 31.4 Å². The van der Waals surface area contributed by atoms with Crippen molar-refractivity contribution in [3.8, 4) is 17.4 Å². The lowest BCUT2D eigenvalue weighted by atomic mass is 9.97. The third kappa shape index (κ3) is 3.22. The molecule has 0 bridgehead atoms. The fraction of sp³-hybridized carbons (Fsp3) is 0.150. The third-order valence-corrected chi connectivity index (χ3v) is 4.30. The van der Waals surface area contributed by atoms with Gasteiger partial charge >= 0.3 is 0 Å². The van der Waals surface area contributed by atoms with Crippen molar-refractivity contribution >= 4 is 11.6 Å². The van der Waals surface area contributed by atoms with E-state index in [4.69, 9.17) is 21.1 Å². The number of ether oxygens (including phenoxy) is 2. The molecule has 1 unspecified atom stereocenters. The quantitative estimate of drug-likeness (QED) is 0.624. The van der Waals surface area contributed by atoms with Crippen molar-refractivity contribution in [1.82, 2.24) is 4.98 Å². The first kappa shape index (κ1) is 15.0. The van der Waals surface area contributed by atoms with Crippen molar-refractivity contribution in [2.24, 2.45) is 0 Å². The van der Waals surface area contributed by atoms with E-state index in [0.29, 0.717) is 16.7 Å². The molecule has 0 fully saturated rings. The molecule has 24 heavy (non-hydrogen) atoms. The number of rotatable bonds is 3. The molecule has 1 aliphatic rings. The van der Waals surface area contributed by atoms with Crippen LogP contribution in [-0.2, 0) is 6.42 Å². The van der Waals surface area contributed by atoms with Gasteiger partial charge in [0, 0.05) is 18.3 Å². The van der Waals surface area contributed by atoms with Crippen molar-refractivity contribution < 1.29 is 9.47 Å². The van der Waals surface area contributed by atoms with Crippen LogP contribution in [0.5, 0.6) is 17.4 Å². The number of benzene rings is 2. The second-order valence-corrected chi connectivity index (χ2v) is 6.18. The summed E-state index contributed by atoms with van der Waals surface area (Å²) in [5.74, 6) is 2.09. The highest BCUT2D eigenvalue weighted by atomic mass is 35.5. The Bertz CT molecular complexity index is 834. The summed E-state index contributed by atoms with van der Waals surface area (Å²) in [5.41, 5.74) is 2.41. The molecule has 2 aromatic carbocycles. The molecule has 2 heterocycles. The molecule has 1 atom stereocenters. The Morgan fingerprint density at radius 3 is 2.71 bits per heavy atom. The van der Waals surface area contributed by atoms with Crippen molar-refractivity contribution in [3.05, 3.63) is 83.0 Å². The van der Waals surface area contributed by atoms with Crippen molar-refractivity contribution in [2.45, 2.75) is 18.9 Å². The van der Waals surface area contributed by atoms with Gasteiger partial charge in [0.1, 0.15) is 17.6 Å². The predicted molar refractivity (Wildman–Crippen MR) is 93.9 cm³/mol. The molecule has 0 N–H and O–H groups in total. The smallest absolute Gasteiger partial charge is 0.219 e. The van der Waals surface area contributed by atoms with Crippen LogP contribution in [0.15, 0.2) is 66.9 Å². The van der Waals surface area contributed by atoms with Crippen LogP contribution in [0.2, 0.25) is 5.02 Å². The van der Waals surface area contributed by atoms with E-state index in [1.165, 1.54) is 11.1 Å². The molecule has 120 valence electrons. The first-order chi connectivity index (χ1) is 11.8. The zero-order chi connectivity index (χ0) is 16.4. The maximum absolute atomic E-state index is 6.19. The molecule has 3 nitrogen and oxygen atoms in total. The number of pyridine rings is 1. The molecule has 4 heteroatoms. The Morgan fingerprint density at radius 2 is 1.92 bits per heavy atom. The summed E-state index contributed by atoms with van der Waals surface area (Å²) in [4.78, 5) is 4.15. The van der Waals surface area contributed by atoms with E-state index in [9.17, 15) is 0 Å². The molecule has 0 amide bonds. The SMILES string of the molecule is Clc1ccc(Oc2ccc3c(c2)OC(c2ccccc2)CC3)nc1. The zero-order valence-corrected chi connectivity index (χ0v) is 13.7. The molecule has 0 spiro atoms. The normalized spacial score (nSPS) is 16.1. The average Bonchev–Trinajstić information content (AvgIpc) is 2.64. The monoisotopic (exact) mass is 337 g/mol. The van der Waals surface area contributed by atoms with Crippen LogP contribution in [0.3, 0.4) is 0 Å². The molecule has 0 radical (unpaired) electrons. The van der Waals surface area contributed by atoms with Crippen LogP contribution in [0.4, 0.5) is 0 Å². The molecule has 0 aliphatic carbocycles. The minimum atomic E-state index is 0.0857.